The van der Waals surface area contributed by atoms with E-state index in [0.717, 1.165) is 10.2 Å². The van der Waals surface area contributed by atoms with Crippen molar-refractivity contribution in [3.05, 3.63) is 11.0 Å². The van der Waals surface area contributed by atoms with E-state index in [0.29, 0.717) is 17.9 Å². The molecule has 0 rings (SSSR count). The average molecular weight is 200 g/mol. The summed E-state index contributed by atoms with van der Waals surface area (Å²) in [6, 6.07) is 0. The van der Waals surface area contributed by atoms with Crippen LogP contribution in [0.4, 0.5) is 0 Å². The molecule has 0 heterocycles. The van der Waals surface area contributed by atoms with Gasteiger partial charge < -0.3 is 4.74 Å². The van der Waals surface area contributed by atoms with Crippen LogP contribution in [-0.2, 0) is 4.74 Å². The van der Waals surface area contributed by atoms with Gasteiger partial charge in [-0.3, -0.25) is 0 Å². The van der Waals surface area contributed by atoms with Crippen LogP contribution >= 0.6 is 0 Å². The summed E-state index contributed by atoms with van der Waals surface area (Å²) in [6.45, 7) is 13.2. The van der Waals surface area contributed by atoms with Gasteiger partial charge in [-0.2, -0.15) is 0 Å². The zero-order valence-corrected chi connectivity index (χ0v) is 12.1. The fourth-order valence-corrected chi connectivity index (χ4v) is 3.53. The quantitative estimate of drug-likeness (QED) is 0.500. The Balaban J connectivity index is 4.65. The fourth-order valence-electron chi connectivity index (χ4n) is 1.90. The van der Waals surface area contributed by atoms with E-state index >= 15 is 0 Å². The zero-order chi connectivity index (χ0) is 10.6. The summed E-state index contributed by atoms with van der Waals surface area (Å²) in [7, 11) is 1.02. The number of allylic oxidation sites excluding steroid dienone is 1. The Morgan fingerprint density at radius 1 is 0.923 bits per heavy atom. The summed E-state index contributed by atoms with van der Waals surface area (Å²) in [5.41, 5.74) is 1.50. The zero-order valence-electron chi connectivity index (χ0n) is 10.1. The van der Waals surface area contributed by atoms with Crippen LogP contribution in [0.2, 0.25) is 0 Å². The van der Waals surface area contributed by atoms with Crippen molar-refractivity contribution in [1.29, 1.82) is 0 Å². The summed E-state index contributed by atoms with van der Waals surface area (Å²) in [4.78, 5) is 0. The van der Waals surface area contributed by atoms with Crippen LogP contribution in [0.15, 0.2) is 11.0 Å². The molecule has 0 radical (unpaired) electrons. The Labute approximate surface area is 86.0 Å². The van der Waals surface area contributed by atoms with Crippen LogP contribution in [0.1, 0.15) is 41.5 Å². The van der Waals surface area contributed by atoms with Gasteiger partial charge in [-0.25, -0.2) is 0 Å². The summed E-state index contributed by atoms with van der Waals surface area (Å²) in [5.74, 6) is 1.23. The van der Waals surface area contributed by atoms with Gasteiger partial charge in [0, 0.05) is 0 Å². The van der Waals surface area contributed by atoms with E-state index in [-0.39, 0.29) is 0 Å². The molecule has 2 heteroatoms. The van der Waals surface area contributed by atoms with Crippen LogP contribution in [0, 0.1) is 11.8 Å². The molecular weight excluding hydrogens is 176 g/mol. The van der Waals surface area contributed by atoms with Crippen molar-refractivity contribution in [2.45, 2.75) is 47.6 Å². The first-order valence-electron chi connectivity index (χ1n) is 5.23. The third-order valence-electron chi connectivity index (χ3n) is 2.06. The van der Waals surface area contributed by atoms with E-state index in [9.17, 15) is 0 Å². The van der Waals surface area contributed by atoms with E-state index < -0.39 is 0 Å². The molecule has 0 aromatic rings. The molecule has 0 fully saturated rings. The predicted octanol–water partition coefficient (Wildman–Crippen LogP) is 2.30. The highest BCUT2D eigenvalue weighted by Crippen LogP contribution is 2.23. The number of rotatable bonds is 4. The second-order valence-electron chi connectivity index (χ2n) is 4.49. The molecule has 78 valence electrons. The molecule has 13 heavy (non-hydrogen) atoms. The van der Waals surface area contributed by atoms with Gasteiger partial charge in [0.1, 0.15) is 0 Å². The second-order valence-corrected chi connectivity index (χ2v) is 5.40. The minimum atomic E-state index is 0.319. The Morgan fingerprint density at radius 2 is 1.31 bits per heavy atom. The molecule has 0 N–H and O–H groups in total. The number of hydrogen-bond donors (Lipinski definition) is 0. The predicted molar refractivity (Wildman–Crippen MR) is 62.9 cm³/mol. The van der Waals surface area contributed by atoms with Crippen molar-refractivity contribution in [2.75, 3.05) is 0 Å². The van der Waals surface area contributed by atoms with Crippen molar-refractivity contribution in [1.82, 2.24) is 0 Å². The maximum absolute atomic E-state index is 5.78. The van der Waals surface area contributed by atoms with Crippen LogP contribution in [0.25, 0.3) is 0 Å². The summed E-state index contributed by atoms with van der Waals surface area (Å²) in [6.07, 6.45) is 0.319. The van der Waals surface area contributed by atoms with Crippen LogP contribution < -0.4 is 0 Å². The third-order valence-corrected chi connectivity index (χ3v) is 2.88. The lowest BCUT2D eigenvalue weighted by molar-refractivity contribution is 0.161. The Morgan fingerprint density at radius 3 is 1.54 bits per heavy atom. The van der Waals surface area contributed by atoms with Crippen molar-refractivity contribution in [3.8, 4) is 0 Å². The molecule has 0 saturated carbocycles. The highest BCUT2D eigenvalue weighted by molar-refractivity contribution is 6.20. The van der Waals surface area contributed by atoms with Crippen LogP contribution in [0.5, 0.6) is 0 Å². The standard InChI is InChI=1S/C11H24OSi/c1-7(2)10(8(3)4)11(13)12-9(5)6/h7-9H,1-6,13H3. The van der Waals surface area contributed by atoms with Gasteiger partial charge in [-0.05, 0) is 31.3 Å². The van der Waals surface area contributed by atoms with Crippen molar-refractivity contribution >= 4 is 10.2 Å². The topological polar surface area (TPSA) is 9.23 Å². The smallest absolute Gasteiger partial charge is 0.0919 e. The van der Waals surface area contributed by atoms with E-state index in [2.05, 4.69) is 41.5 Å². The molecule has 0 aromatic carbocycles. The van der Waals surface area contributed by atoms with E-state index in [1.165, 1.54) is 11.0 Å². The van der Waals surface area contributed by atoms with Crippen molar-refractivity contribution in [3.63, 3.8) is 0 Å². The van der Waals surface area contributed by atoms with Gasteiger partial charge in [-0.1, -0.05) is 27.7 Å². The summed E-state index contributed by atoms with van der Waals surface area (Å²) < 4.78 is 5.78. The van der Waals surface area contributed by atoms with Crippen molar-refractivity contribution < 1.29 is 4.74 Å². The maximum atomic E-state index is 5.78. The third kappa shape index (κ3) is 4.51. The minimum absolute atomic E-state index is 0.319. The van der Waals surface area contributed by atoms with Crippen LogP contribution in [-0.4, -0.2) is 16.3 Å². The highest BCUT2D eigenvalue weighted by atomic mass is 28.1. The molecule has 0 spiro atoms. The molecule has 1 nitrogen and oxygen atoms in total. The van der Waals surface area contributed by atoms with E-state index in [1.54, 1.807) is 0 Å². The molecule has 0 bridgehead atoms. The molecule has 0 amide bonds. The first-order valence-corrected chi connectivity index (χ1v) is 6.23. The SMILES string of the molecule is CC(C)OC([SiH3])=C(C(C)C)C(C)C. The van der Waals surface area contributed by atoms with Gasteiger partial charge >= 0.3 is 0 Å². The normalized spacial score (nSPS) is 11.5. The van der Waals surface area contributed by atoms with Gasteiger partial charge in [0.15, 0.2) is 0 Å². The summed E-state index contributed by atoms with van der Waals surface area (Å²) in [5, 5.41) is 1.25. The molecule has 0 saturated heterocycles. The van der Waals surface area contributed by atoms with Gasteiger partial charge in [-0.15, -0.1) is 0 Å². The number of hydrogen-bond acceptors (Lipinski definition) is 1. The van der Waals surface area contributed by atoms with E-state index in [4.69, 9.17) is 4.74 Å². The summed E-state index contributed by atoms with van der Waals surface area (Å²) >= 11 is 0. The van der Waals surface area contributed by atoms with Crippen molar-refractivity contribution in [2.24, 2.45) is 11.8 Å². The fraction of sp³-hybridized carbons (Fsp3) is 0.818. The Bertz CT molecular complexity index is 171. The molecule has 0 aromatic heterocycles. The van der Waals surface area contributed by atoms with E-state index in [1.807, 2.05) is 0 Å². The van der Waals surface area contributed by atoms with Gasteiger partial charge in [0.05, 0.1) is 21.7 Å². The monoisotopic (exact) mass is 200 g/mol. The largest absolute Gasteiger partial charge is 0.502 e. The highest BCUT2D eigenvalue weighted by Gasteiger charge is 2.12. The minimum Gasteiger partial charge on any atom is -0.502 e. The average Bonchev–Trinajstić information content (AvgIpc) is 1.81. The molecule has 0 unspecified atom stereocenters. The Hall–Kier alpha value is -0.243. The molecule has 0 aliphatic rings. The first-order chi connectivity index (χ1) is 5.86. The lowest BCUT2D eigenvalue weighted by Crippen LogP contribution is -2.12. The number of ether oxygens (including phenoxy) is 1. The van der Waals surface area contributed by atoms with Gasteiger partial charge in [0.2, 0.25) is 0 Å². The molecule has 0 atom stereocenters. The van der Waals surface area contributed by atoms with Crippen LogP contribution in [0.3, 0.4) is 0 Å². The molecular formula is C11H24OSi. The van der Waals surface area contributed by atoms with Gasteiger partial charge in [0.25, 0.3) is 0 Å². The lowest BCUT2D eigenvalue weighted by atomic mass is 9.94. The molecule has 0 aliphatic heterocycles. The second kappa shape index (κ2) is 5.48. The lowest BCUT2D eigenvalue weighted by Gasteiger charge is -2.21. The molecule has 0 aliphatic carbocycles. The first kappa shape index (κ1) is 12.8. The Kier molecular flexibility index (Phi) is 5.38. The maximum Gasteiger partial charge on any atom is 0.0919 e.